The number of nitrogens with zero attached hydrogens (tertiary/aromatic N) is 1. The Balaban J connectivity index is 2.23. The van der Waals surface area contributed by atoms with E-state index in [0.29, 0.717) is 6.54 Å². The summed E-state index contributed by atoms with van der Waals surface area (Å²) in [7, 11) is -0.636. The van der Waals surface area contributed by atoms with Crippen LogP contribution in [0.4, 0.5) is 10.1 Å². The van der Waals surface area contributed by atoms with Crippen molar-refractivity contribution in [3.05, 3.63) is 63.5 Å². The van der Waals surface area contributed by atoms with Crippen molar-refractivity contribution in [1.82, 2.24) is 0 Å². The summed E-state index contributed by atoms with van der Waals surface area (Å²) in [5.74, 6) is -0.274. The average Bonchev–Trinajstić information content (AvgIpc) is 2.37. The molecule has 2 aromatic rings. The maximum absolute atomic E-state index is 12.9. The van der Waals surface area contributed by atoms with Gasteiger partial charge in [-0.25, -0.2) is 4.39 Å². The summed E-state index contributed by atoms with van der Waals surface area (Å²) >= 11 is 2.26. The second-order valence-corrected chi connectivity index (χ2v) is 5.61. The quantitative estimate of drug-likeness (QED) is 0.659. The first kappa shape index (κ1) is 14.3. The number of benzene rings is 2. The molecule has 0 aliphatic rings. The summed E-state index contributed by atoms with van der Waals surface area (Å²) in [4.78, 5) is 1.82. The molecule has 0 fully saturated rings. The standard InChI is InChI=1S/C14H14BFINO/c1-15(19)18(14-7-5-12(16)6-8-14)10-11-3-2-4-13(17)9-11/h2-9,19H,10H2,1H3. The van der Waals surface area contributed by atoms with E-state index < -0.39 is 7.05 Å². The molecule has 2 aromatic carbocycles. The van der Waals surface area contributed by atoms with Crippen LogP contribution in [0.5, 0.6) is 0 Å². The number of hydrogen-bond donors (Lipinski definition) is 1. The average molecular weight is 369 g/mol. The Morgan fingerprint density at radius 1 is 1.21 bits per heavy atom. The van der Waals surface area contributed by atoms with Crippen molar-refractivity contribution in [3.8, 4) is 0 Å². The Morgan fingerprint density at radius 2 is 1.89 bits per heavy atom. The lowest BCUT2D eigenvalue weighted by Crippen LogP contribution is -2.36. The van der Waals surface area contributed by atoms with E-state index in [1.165, 1.54) is 12.1 Å². The van der Waals surface area contributed by atoms with Crippen LogP contribution in [0.1, 0.15) is 5.56 Å². The minimum Gasteiger partial charge on any atom is -0.432 e. The van der Waals surface area contributed by atoms with Crippen molar-refractivity contribution in [1.29, 1.82) is 0 Å². The molecule has 2 rings (SSSR count). The largest absolute Gasteiger partial charge is 0.432 e. The number of rotatable bonds is 4. The first-order chi connectivity index (χ1) is 9.06. The summed E-state index contributed by atoms with van der Waals surface area (Å²) in [6.07, 6.45) is 0. The van der Waals surface area contributed by atoms with Crippen LogP contribution >= 0.6 is 22.6 Å². The van der Waals surface area contributed by atoms with Crippen LogP contribution < -0.4 is 4.81 Å². The van der Waals surface area contributed by atoms with E-state index in [4.69, 9.17) is 0 Å². The lowest BCUT2D eigenvalue weighted by Gasteiger charge is -2.26. The minimum absolute atomic E-state index is 0.274. The van der Waals surface area contributed by atoms with E-state index >= 15 is 0 Å². The molecule has 19 heavy (non-hydrogen) atoms. The number of halogens is 2. The molecule has 0 unspecified atom stereocenters. The predicted molar refractivity (Wildman–Crippen MR) is 85.6 cm³/mol. The van der Waals surface area contributed by atoms with E-state index in [1.807, 2.05) is 23.0 Å². The van der Waals surface area contributed by atoms with Crippen LogP contribution in [-0.4, -0.2) is 12.1 Å². The monoisotopic (exact) mass is 369 g/mol. The van der Waals surface area contributed by atoms with E-state index in [2.05, 4.69) is 28.7 Å². The molecule has 0 amide bonds. The molecule has 0 bridgehead atoms. The van der Waals surface area contributed by atoms with E-state index in [1.54, 1.807) is 19.0 Å². The van der Waals surface area contributed by atoms with Crippen molar-refractivity contribution < 1.29 is 9.41 Å². The van der Waals surface area contributed by atoms with Crippen molar-refractivity contribution in [2.24, 2.45) is 0 Å². The molecule has 0 aliphatic carbocycles. The van der Waals surface area contributed by atoms with Gasteiger partial charge in [-0.2, -0.15) is 0 Å². The molecule has 0 radical (unpaired) electrons. The lowest BCUT2D eigenvalue weighted by atomic mass is 9.83. The molecule has 1 N–H and O–H groups in total. The van der Waals surface area contributed by atoms with E-state index in [0.717, 1.165) is 14.8 Å². The van der Waals surface area contributed by atoms with Crippen LogP contribution in [0.2, 0.25) is 6.82 Å². The number of hydrogen-bond acceptors (Lipinski definition) is 2. The van der Waals surface area contributed by atoms with Crippen LogP contribution in [0.15, 0.2) is 48.5 Å². The molecule has 0 aliphatic heterocycles. The highest BCUT2D eigenvalue weighted by Gasteiger charge is 2.17. The molecule has 0 saturated heterocycles. The third-order valence-corrected chi connectivity index (χ3v) is 3.52. The van der Waals surface area contributed by atoms with Crippen LogP contribution in [0.3, 0.4) is 0 Å². The second kappa shape index (κ2) is 6.39. The molecule has 0 atom stereocenters. The van der Waals surface area contributed by atoms with Crippen molar-refractivity contribution in [2.75, 3.05) is 4.81 Å². The topological polar surface area (TPSA) is 23.5 Å². The normalized spacial score (nSPS) is 10.3. The SMILES string of the molecule is CB(O)N(Cc1cccc(I)c1)c1ccc(F)cc1. The fourth-order valence-corrected chi connectivity index (χ4v) is 2.51. The predicted octanol–water partition coefficient (Wildman–Crippen LogP) is 3.55. The van der Waals surface area contributed by atoms with Gasteiger partial charge in [0.05, 0.1) is 0 Å². The Morgan fingerprint density at radius 3 is 2.47 bits per heavy atom. The third-order valence-electron chi connectivity index (χ3n) is 2.85. The Hall–Kier alpha value is -1.08. The van der Waals surface area contributed by atoms with Gasteiger partial charge < -0.3 is 9.83 Å². The van der Waals surface area contributed by atoms with E-state index in [-0.39, 0.29) is 5.82 Å². The Bertz CT molecular complexity index is 547. The molecule has 0 heterocycles. The summed E-state index contributed by atoms with van der Waals surface area (Å²) < 4.78 is 14.1. The molecule has 0 aromatic heterocycles. The van der Waals surface area contributed by atoms with E-state index in [9.17, 15) is 9.41 Å². The molecule has 0 saturated carbocycles. The number of anilines is 1. The fraction of sp³-hybridized carbons (Fsp3) is 0.143. The summed E-state index contributed by atoms with van der Waals surface area (Å²) in [5, 5.41) is 9.90. The van der Waals surface area contributed by atoms with Gasteiger partial charge in [0.2, 0.25) is 0 Å². The summed E-state index contributed by atoms with van der Waals surface area (Å²) in [6.45, 7) is 2.29. The molecular formula is C14H14BFINO. The van der Waals surface area contributed by atoms with Gasteiger partial charge in [0.15, 0.2) is 0 Å². The maximum atomic E-state index is 12.9. The highest BCUT2D eigenvalue weighted by molar-refractivity contribution is 14.1. The van der Waals surface area contributed by atoms with Crippen molar-refractivity contribution in [2.45, 2.75) is 13.4 Å². The van der Waals surface area contributed by atoms with Gasteiger partial charge in [0.25, 0.3) is 0 Å². The molecule has 98 valence electrons. The van der Waals surface area contributed by atoms with Crippen molar-refractivity contribution in [3.63, 3.8) is 0 Å². The maximum Gasteiger partial charge on any atom is 0.409 e. The first-order valence-corrected chi connectivity index (χ1v) is 7.09. The minimum atomic E-state index is -0.636. The smallest absolute Gasteiger partial charge is 0.409 e. The van der Waals surface area contributed by atoms with Gasteiger partial charge >= 0.3 is 7.05 Å². The van der Waals surface area contributed by atoms with Gasteiger partial charge in [-0.15, -0.1) is 0 Å². The zero-order valence-corrected chi connectivity index (χ0v) is 12.7. The second-order valence-electron chi connectivity index (χ2n) is 4.37. The van der Waals surface area contributed by atoms with Gasteiger partial charge in [0.1, 0.15) is 5.82 Å². The Labute approximate surface area is 126 Å². The summed E-state index contributed by atoms with van der Waals surface area (Å²) in [5.41, 5.74) is 1.91. The molecule has 5 heteroatoms. The molecule has 2 nitrogen and oxygen atoms in total. The zero-order valence-electron chi connectivity index (χ0n) is 10.6. The zero-order chi connectivity index (χ0) is 13.8. The highest BCUT2D eigenvalue weighted by atomic mass is 127. The highest BCUT2D eigenvalue weighted by Crippen LogP contribution is 2.19. The van der Waals surface area contributed by atoms with Gasteiger partial charge in [-0.1, -0.05) is 12.1 Å². The van der Waals surface area contributed by atoms with Gasteiger partial charge in [-0.05, 0) is 71.4 Å². The van der Waals surface area contributed by atoms with Crippen LogP contribution in [-0.2, 0) is 6.54 Å². The molecule has 0 spiro atoms. The fourth-order valence-electron chi connectivity index (χ4n) is 1.90. The van der Waals surface area contributed by atoms with Crippen molar-refractivity contribution >= 4 is 35.3 Å². The summed E-state index contributed by atoms with van der Waals surface area (Å²) in [6, 6.07) is 14.3. The van der Waals surface area contributed by atoms with Crippen LogP contribution in [0, 0.1) is 9.39 Å². The third kappa shape index (κ3) is 3.94. The first-order valence-electron chi connectivity index (χ1n) is 6.01. The molecular weight excluding hydrogens is 355 g/mol. The van der Waals surface area contributed by atoms with Crippen LogP contribution in [0.25, 0.3) is 0 Å². The van der Waals surface area contributed by atoms with Gasteiger partial charge in [0, 0.05) is 15.8 Å². The van der Waals surface area contributed by atoms with Gasteiger partial charge in [-0.3, -0.25) is 0 Å². The Kier molecular flexibility index (Phi) is 4.82. The lowest BCUT2D eigenvalue weighted by molar-refractivity contribution is 0.568.